The highest BCUT2D eigenvalue weighted by molar-refractivity contribution is 9.10. The fraction of sp³-hybridized carbons (Fsp3) is 0.348. The van der Waals surface area contributed by atoms with Gasteiger partial charge >= 0.3 is 0 Å². The van der Waals surface area contributed by atoms with Gasteiger partial charge in [0, 0.05) is 35.5 Å². The lowest BCUT2D eigenvalue weighted by molar-refractivity contribution is -0.124. The highest BCUT2D eigenvalue weighted by Crippen LogP contribution is 2.55. The number of halogens is 2. The number of pyridine rings is 1. The molecule has 3 heterocycles. The van der Waals surface area contributed by atoms with Crippen molar-refractivity contribution in [1.29, 1.82) is 0 Å². The lowest BCUT2D eigenvalue weighted by atomic mass is 9.83. The number of carbonyl (C=O) groups excluding carboxylic acids is 1. The van der Waals surface area contributed by atoms with Crippen molar-refractivity contribution >= 4 is 50.4 Å². The standard InChI is InChI=1S/C23H24BrClN4OS/c1-13(2)18-19(21(30)28(4)5)31-22-27-23(3,14-6-9-16(25)10-7-14)20(29(18)22)17-11-8-15(24)12-26-17/h6-13,20H,1-5H3/t20-,23+/m1/s1. The summed E-state index contributed by atoms with van der Waals surface area (Å²) in [5.41, 5.74) is 2.37. The normalized spacial score (nSPS) is 22.8. The summed E-state index contributed by atoms with van der Waals surface area (Å²) in [5.74, 6) is 0.145. The Labute approximate surface area is 200 Å². The minimum absolute atomic E-state index is 0.00140. The van der Waals surface area contributed by atoms with E-state index in [9.17, 15) is 4.79 Å². The van der Waals surface area contributed by atoms with E-state index < -0.39 is 5.54 Å². The maximum atomic E-state index is 13.0. The molecule has 2 aliphatic rings. The van der Waals surface area contributed by atoms with Crippen molar-refractivity contribution in [3.05, 3.63) is 73.9 Å². The second-order valence-electron chi connectivity index (χ2n) is 8.39. The van der Waals surface area contributed by atoms with Crippen LogP contribution in [0.5, 0.6) is 0 Å². The van der Waals surface area contributed by atoms with Gasteiger partial charge < -0.3 is 9.80 Å². The summed E-state index contributed by atoms with van der Waals surface area (Å²) in [5, 5.41) is 1.52. The zero-order valence-corrected chi connectivity index (χ0v) is 21.2. The Kier molecular flexibility index (Phi) is 5.96. The van der Waals surface area contributed by atoms with Crippen LogP contribution in [0, 0.1) is 5.92 Å². The number of amides is 1. The van der Waals surface area contributed by atoms with E-state index in [0.717, 1.165) is 31.5 Å². The van der Waals surface area contributed by atoms with E-state index in [2.05, 4.69) is 41.6 Å². The SMILES string of the molecule is CC(C)C1=C(C(=O)N(C)C)SC2=N[C@@](C)(c3ccc(Cl)cc3)[C@@H](c3ccc(Br)cn3)N21. The Morgan fingerprint density at radius 3 is 2.45 bits per heavy atom. The molecule has 0 aliphatic carbocycles. The predicted molar refractivity (Wildman–Crippen MR) is 131 cm³/mol. The Balaban J connectivity index is 1.91. The number of nitrogens with zero attached hydrogens (tertiary/aromatic N) is 4. The minimum atomic E-state index is -0.583. The number of aromatic nitrogens is 1. The van der Waals surface area contributed by atoms with Crippen LogP contribution in [-0.4, -0.2) is 40.0 Å². The van der Waals surface area contributed by atoms with Crippen molar-refractivity contribution in [3.63, 3.8) is 0 Å². The molecule has 0 saturated heterocycles. The fourth-order valence-electron chi connectivity index (χ4n) is 4.12. The predicted octanol–water partition coefficient (Wildman–Crippen LogP) is 5.83. The number of thioether (sulfide) groups is 1. The third-order valence-electron chi connectivity index (χ3n) is 5.62. The van der Waals surface area contributed by atoms with E-state index in [1.165, 1.54) is 11.8 Å². The molecule has 1 amide bonds. The molecule has 0 N–H and O–H groups in total. The van der Waals surface area contributed by atoms with Crippen molar-refractivity contribution in [2.75, 3.05) is 14.1 Å². The van der Waals surface area contributed by atoms with Crippen molar-refractivity contribution < 1.29 is 4.79 Å². The number of rotatable bonds is 4. The maximum absolute atomic E-state index is 13.0. The van der Waals surface area contributed by atoms with Gasteiger partial charge in [-0.25, -0.2) is 4.99 Å². The number of allylic oxidation sites excluding steroid dienone is 1. The molecule has 2 aromatic rings. The fourth-order valence-corrected chi connectivity index (χ4v) is 5.91. The summed E-state index contributed by atoms with van der Waals surface area (Å²) in [4.78, 5) is 27.5. The summed E-state index contributed by atoms with van der Waals surface area (Å²) in [6.07, 6.45) is 1.81. The molecular weight excluding hydrogens is 496 g/mol. The zero-order chi connectivity index (χ0) is 22.5. The molecule has 31 heavy (non-hydrogen) atoms. The number of amidine groups is 1. The molecule has 0 saturated carbocycles. The molecule has 162 valence electrons. The van der Waals surface area contributed by atoms with Crippen molar-refractivity contribution in [2.24, 2.45) is 10.9 Å². The third kappa shape index (κ3) is 3.81. The number of likely N-dealkylation sites (N-methyl/N-ethyl adjacent to an activating group) is 1. The van der Waals surface area contributed by atoms with Gasteiger partial charge in [0.1, 0.15) is 16.5 Å². The Bertz CT molecular complexity index is 1080. The molecule has 0 fully saturated rings. The van der Waals surface area contributed by atoms with E-state index in [1.807, 2.05) is 42.6 Å². The average molecular weight is 520 g/mol. The summed E-state index contributed by atoms with van der Waals surface area (Å²) in [7, 11) is 3.56. The van der Waals surface area contributed by atoms with Gasteiger partial charge in [0.05, 0.1) is 5.69 Å². The second-order valence-corrected chi connectivity index (χ2v) is 10.7. The highest BCUT2D eigenvalue weighted by Gasteiger charge is 2.53. The van der Waals surface area contributed by atoms with Gasteiger partial charge in [-0.15, -0.1) is 0 Å². The van der Waals surface area contributed by atoms with Crippen molar-refractivity contribution in [1.82, 2.24) is 14.8 Å². The first-order chi connectivity index (χ1) is 14.6. The molecule has 5 nitrogen and oxygen atoms in total. The molecule has 0 bridgehead atoms. The van der Waals surface area contributed by atoms with E-state index in [1.54, 1.807) is 19.0 Å². The van der Waals surface area contributed by atoms with Gasteiger partial charge in [-0.05, 0) is 70.4 Å². The topological polar surface area (TPSA) is 48.8 Å². The lowest BCUT2D eigenvalue weighted by Crippen LogP contribution is -2.36. The largest absolute Gasteiger partial charge is 0.344 e. The molecule has 0 unspecified atom stereocenters. The van der Waals surface area contributed by atoms with Gasteiger partial charge in [-0.2, -0.15) is 0 Å². The number of hydrogen-bond donors (Lipinski definition) is 0. The van der Waals surface area contributed by atoms with E-state index in [4.69, 9.17) is 21.6 Å². The van der Waals surface area contributed by atoms with Crippen LogP contribution < -0.4 is 0 Å². The van der Waals surface area contributed by atoms with Gasteiger partial charge in [-0.1, -0.05) is 37.6 Å². The molecule has 8 heteroatoms. The van der Waals surface area contributed by atoms with Gasteiger partial charge in [0.25, 0.3) is 5.91 Å². The van der Waals surface area contributed by atoms with Crippen LogP contribution in [0.2, 0.25) is 5.02 Å². The van der Waals surface area contributed by atoms with Crippen molar-refractivity contribution in [3.8, 4) is 0 Å². The maximum Gasteiger partial charge on any atom is 0.262 e. The Morgan fingerprint density at radius 1 is 1.23 bits per heavy atom. The third-order valence-corrected chi connectivity index (χ3v) is 7.40. The summed E-state index contributed by atoms with van der Waals surface area (Å²) in [6, 6.07) is 11.7. The molecule has 1 aromatic carbocycles. The smallest absolute Gasteiger partial charge is 0.262 e. The molecule has 2 atom stereocenters. The Morgan fingerprint density at radius 2 is 1.90 bits per heavy atom. The van der Waals surface area contributed by atoms with Crippen LogP contribution in [-0.2, 0) is 10.3 Å². The van der Waals surface area contributed by atoms with Crippen molar-refractivity contribution in [2.45, 2.75) is 32.4 Å². The number of carbonyl (C=O) groups is 1. The first kappa shape index (κ1) is 22.4. The average Bonchev–Trinajstić information content (AvgIpc) is 3.21. The van der Waals surface area contributed by atoms with E-state index in [0.29, 0.717) is 5.02 Å². The second kappa shape index (κ2) is 8.26. The number of aliphatic imine (C=N–C) groups is 1. The number of fused-ring (bicyclic) bond motifs is 1. The van der Waals surface area contributed by atoms with Gasteiger partial charge in [0.15, 0.2) is 5.17 Å². The van der Waals surface area contributed by atoms with E-state index in [-0.39, 0.29) is 17.9 Å². The summed E-state index contributed by atoms with van der Waals surface area (Å²) < 4.78 is 0.919. The lowest BCUT2D eigenvalue weighted by Gasteiger charge is -2.36. The van der Waals surface area contributed by atoms with E-state index >= 15 is 0 Å². The number of hydrogen-bond acceptors (Lipinski definition) is 5. The first-order valence-corrected chi connectivity index (χ1v) is 12.0. The van der Waals surface area contributed by atoms with Gasteiger partial charge in [-0.3, -0.25) is 9.78 Å². The molecule has 2 aliphatic heterocycles. The summed E-state index contributed by atoms with van der Waals surface area (Å²) in [6.45, 7) is 6.36. The molecular formula is C23H24BrClN4OS. The first-order valence-electron chi connectivity index (χ1n) is 10.0. The van der Waals surface area contributed by atoms with Crippen LogP contribution in [0.15, 0.2) is 62.7 Å². The van der Waals surface area contributed by atoms with Gasteiger partial charge in [0.2, 0.25) is 0 Å². The van der Waals surface area contributed by atoms with Crippen LogP contribution >= 0.6 is 39.3 Å². The molecule has 0 radical (unpaired) electrons. The molecule has 1 aromatic heterocycles. The molecule has 4 rings (SSSR count). The van der Waals surface area contributed by atoms with Crippen LogP contribution in [0.1, 0.15) is 38.1 Å². The minimum Gasteiger partial charge on any atom is -0.344 e. The number of benzene rings is 1. The molecule has 0 spiro atoms. The highest BCUT2D eigenvalue weighted by atomic mass is 79.9. The summed E-state index contributed by atoms with van der Waals surface area (Å²) >= 11 is 11.1. The van der Waals surface area contributed by atoms with Crippen LogP contribution in [0.25, 0.3) is 0 Å². The van der Waals surface area contributed by atoms with Crippen LogP contribution in [0.3, 0.4) is 0 Å². The quantitative estimate of drug-likeness (QED) is 0.510. The Hall–Kier alpha value is -1.83. The van der Waals surface area contributed by atoms with Crippen LogP contribution in [0.4, 0.5) is 0 Å². The monoisotopic (exact) mass is 518 g/mol. The zero-order valence-electron chi connectivity index (χ0n) is 18.1.